The summed E-state index contributed by atoms with van der Waals surface area (Å²) in [7, 11) is -3.74. The summed E-state index contributed by atoms with van der Waals surface area (Å²) in [5, 5.41) is 2.85. The molecule has 1 amide bonds. The third kappa shape index (κ3) is 6.27. The van der Waals surface area contributed by atoms with Gasteiger partial charge in [-0.3, -0.25) is 14.0 Å². The molecule has 0 radical (unpaired) electrons. The van der Waals surface area contributed by atoms with Crippen molar-refractivity contribution in [3.8, 4) is 0 Å². The third-order valence-electron chi connectivity index (χ3n) is 5.51. The quantitative estimate of drug-likeness (QED) is 0.641. The molecule has 1 fully saturated rings. The number of rotatable bonds is 9. The van der Waals surface area contributed by atoms with Crippen molar-refractivity contribution in [1.29, 1.82) is 0 Å². The van der Waals surface area contributed by atoms with Gasteiger partial charge in [0.15, 0.2) is 0 Å². The molecule has 1 N–H and O–H groups in total. The minimum Gasteiger partial charge on any atom is -0.350 e. The Morgan fingerprint density at radius 3 is 2.19 bits per heavy atom. The summed E-state index contributed by atoms with van der Waals surface area (Å²) < 4.78 is 39.2. The molecule has 1 heterocycles. The molecular formula is C23H30FN3O3S. The van der Waals surface area contributed by atoms with E-state index in [4.69, 9.17) is 0 Å². The van der Waals surface area contributed by atoms with E-state index in [-0.39, 0.29) is 12.1 Å². The SMILES string of the molecule is CCC(C(=O)NCc1ccc(CN2CCCC2)cc1)N(c1ccc(F)cc1)S(C)(=O)=O. The van der Waals surface area contributed by atoms with Crippen LogP contribution in [-0.2, 0) is 27.9 Å². The summed E-state index contributed by atoms with van der Waals surface area (Å²) in [6, 6.07) is 12.3. The molecule has 2 aromatic rings. The zero-order valence-corrected chi connectivity index (χ0v) is 18.9. The predicted molar refractivity (Wildman–Crippen MR) is 121 cm³/mol. The number of nitrogens with zero attached hydrogens (tertiary/aromatic N) is 2. The van der Waals surface area contributed by atoms with Crippen LogP contribution >= 0.6 is 0 Å². The van der Waals surface area contributed by atoms with E-state index in [2.05, 4.69) is 22.3 Å². The van der Waals surface area contributed by atoms with Gasteiger partial charge in [0.05, 0.1) is 11.9 Å². The van der Waals surface area contributed by atoms with Gasteiger partial charge in [0.2, 0.25) is 15.9 Å². The summed E-state index contributed by atoms with van der Waals surface area (Å²) in [5.41, 5.74) is 2.45. The lowest BCUT2D eigenvalue weighted by Crippen LogP contribution is -2.49. The van der Waals surface area contributed by atoms with Gasteiger partial charge in [-0.1, -0.05) is 31.2 Å². The van der Waals surface area contributed by atoms with Gasteiger partial charge in [0.25, 0.3) is 0 Å². The number of likely N-dealkylation sites (tertiary alicyclic amines) is 1. The van der Waals surface area contributed by atoms with Crippen LogP contribution in [0.15, 0.2) is 48.5 Å². The van der Waals surface area contributed by atoms with E-state index in [0.29, 0.717) is 6.54 Å². The van der Waals surface area contributed by atoms with Crippen LogP contribution in [0, 0.1) is 5.82 Å². The molecule has 2 aromatic carbocycles. The molecule has 1 aliphatic heterocycles. The average molecular weight is 448 g/mol. The summed E-state index contributed by atoms with van der Waals surface area (Å²) in [6.45, 7) is 5.27. The van der Waals surface area contributed by atoms with Gasteiger partial charge in [0.1, 0.15) is 11.9 Å². The molecule has 8 heteroatoms. The van der Waals surface area contributed by atoms with Crippen molar-refractivity contribution in [2.75, 3.05) is 23.7 Å². The van der Waals surface area contributed by atoms with Crippen LogP contribution in [-0.4, -0.2) is 44.6 Å². The third-order valence-corrected chi connectivity index (χ3v) is 6.69. The van der Waals surface area contributed by atoms with Crippen LogP contribution < -0.4 is 9.62 Å². The number of carbonyl (C=O) groups excluding carboxylic acids is 1. The Bertz CT molecular complexity index is 972. The molecule has 3 rings (SSSR count). The highest BCUT2D eigenvalue weighted by molar-refractivity contribution is 7.92. The fourth-order valence-electron chi connectivity index (χ4n) is 3.92. The number of benzene rings is 2. The molecule has 0 aromatic heterocycles. The van der Waals surface area contributed by atoms with E-state index in [1.54, 1.807) is 6.92 Å². The van der Waals surface area contributed by atoms with Gasteiger partial charge in [0, 0.05) is 13.1 Å². The zero-order chi connectivity index (χ0) is 22.4. The molecule has 6 nitrogen and oxygen atoms in total. The molecule has 0 aliphatic carbocycles. The summed E-state index contributed by atoms with van der Waals surface area (Å²) in [6.07, 6.45) is 3.84. The van der Waals surface area contributed by atoms with Crippen LogP contribution in [0.2, 0.25) is 0 Å². The number of hydrogen-bond donors (Lipinski definition) is 1. The summed E-state index contributed by atoms with van der Waals surface area (Å²) in [5.74, 6) is -0.860. The second-order valence-electron chi connectivity index (χ2n) is 7.98. The van der Waals surface area contributed by atoms with Crippen molar-refractivity contribution in [3.63, 3.8) is 0 Å². The van der Waals surface area contributed by atoms with E-state index in [1.165, 1.54) is 42.7 Å². The molecule has 1 aliphatic rings. The van der Waals surface area contributed by atoms with E-state index in [1.807, 2.05) is 12.1 Å². The van der Waals surface area contributed by atoms with Crippen LogP contribution in [0.4, 0.5) is 10.1 Å². The van der Waals surface area contributed by atoms with Crippen molar-refractivity contribution in [2.24, 2.45) is 0 Å². The summed E-state index contributed by atoms with van der Waals surface area (Å²) in [4.78, 5) is 15.3. The molecule has 31 heavy (non-hydrogen) atoms. The first-order chi connectivity index (χ1) is 14.8. The molecule has 0 spiro atoms. The minimum atomic E-state index is -3.74. The van der Waals surface area contributed by atoms with Crippen LogP contribution in [0.25, 0.3) is 0 Å². The average Bonchev–Trinajstić information content (AvgIpc) is 3.24. The predicted octanol–water partition coefficient (Wildman–Crippen LogP) is 3.28. The van der Waals surface area contributed by atoms with Gasteiger partial charge in [-0.15, -0.1) is 0 Å². The maximum atomic E-state index is 13.3. The van der Waals surface area contributed by atoms with Crippen molar-refractivity contribution < 1.29 is 17.6 Å². The molecule has 0 bridgehead atoms. The van der Waals surface area contributed by atoms with Gasteiger partial charge >= 0.3 is 0 Å². The molecule has 0 saturated carbocycles. The lowest BCUT2D eigenvalue weighted by atomic mass is 10.1. The normalized spacial score (nSPS) is 15.6. The number of nitrogens with one attached hydrogen (secondary N) is 1. The Hall–Kier alpha value is -2.45. The van der Waals surface area contributed by atoms with E-state index in [9.17, 15) is 17.6 Å². The fraction of sp³-hybridized carbons (Fsp3) is 0.435. The number of halogens is 1. The van der Waals surface area contributed by atoms with Crippen molar-refractivity contribution in [1.82, 2.24) is 10.2 Å². The maximum Gasteiger partial charge on any atom is 0.244 e. The molecular weight excluding hydrogens is 417 g/mol. The maximum absolute atomic E-state index is 13.3. The first kappa shape index (κ1) is 23.2. The largest absolute Gasteiger partial charge is 0.350 e. The zero-order valence-electron chi connectivity index (χ0n) is 18.1. The highest BCUT2D eigenvalue weighted by atomic mass is 32.2. The van der Waals surface area contributed by atoms with E-state index < -0.39 is 27.8 Å². The second kappa shape index (κ2) is 10.2. The second-order valence-corrected chi connectivity index (χ2v) is 9.84. The van der Waals surface area contributed by atoms with Gasteiger partial charge < -0.3 is 5.32 Å². The Balaban J connectivity index is 1.66. The van der Waals surface area contributed by atoms with E-state index >= 15 is 0 Å². The number of hydrogen-bond acceptors (Lipinski definition) is 4. The van der Waals surface area contributed by atoms with Crippen molar-refractivity contribution in [2.45, 2.75) is 45.3 Å². The van der Waals surface area contributed by atoms with Gasteiger partial charge in [-0.2, -0.15) is 0 Å². The number of carbonyl (C=O) groups is 1. The number of sulfonamides is 1. The van der Waals surface area contributed by atoms with Crippen LogP contribution in [0.1, 0.15) is 37.3 Å². The molecule has 168 valence electrons. The van der Waals surface area contributed by atoms with Gasteiger partial charge in [-0.05, 0) is 67.7 Å². The van der Waals surface area contributed by atoms with Gasteiger partial charge in [-0.25, -0.2) is 12.8 Å². The lowest BCUT2D eigenvalue weighted by molar-refractivity contribution is -0.122. The van der Waals surface area contributed by atoms with Crippen molar-refractivity contribution >= 4 is 21.6 Å². The Morgan fingerprint density at radius 2 is 1.65 bits per heavy atom. The highest BCUT2D eigenvalue weighted by Crippen LogP contribution is 2.23. The minimum absolute atomic E-state index is 0.261. The molecule has 1 atom stereocenters. The first-order valence-electron chi connectivity index (χ1n) is 10.6. The standard InChI is InChI=1S/C23H30FN3O3S/c1-3-22(27(31(2,29)30)21-12-10-20(24)11-13-21)23(28)25-16-18-6-8-19(9-7-18)17-26-14-4-5-15-26/h6-13,22H,3-5,14-17H2,1-2H3,(H,25,28). The Morgan fingerprint density at radius 1 is 1.06 bits per heavy atom. The van der Waals surface area contributed by atoms with Crippen LogP contribution in [0.3, 0.4) is 0 Å². The Kier molecular flexibility index (Phi) is 7.67. The lowest BCUT2D eigenvalue weighted by Gasteiger charge is -2.30. The molecule has 1 saturated heterocycles. The monoisotopic (exact) mass is 447 g/mol. The summed E-state index contributed by atoms with van der Waals surface area (Å²) >= 11 is 0. The fourth-order valence-corrected chi connectivity index (χ4v) is 5.13. The van der Waals surface area contributed by atoms with E-state index in [0.717, 1.165) is 35.8 Å². The number of amides is 1. The van der Waals surface area contributed by atoms with Crippen molar-refractivity contribution in [3.05, 3.63) is 65.5 Å². The first-order valence-corrected chi connectivity index (χ1v) is 12.5. The highest BCUT2D eigenvalue weighted by Gasteiger charge is 2.31. The smallest absolute Gasteiger partial charge is 0.244 e. The number of anilines is 1. The van der Waals surface area contributed by atoms with Crippen LogP contribution in [0.5, 0.6) is 0 Å². The molecule has 1 unspecified atom stereocenters. The topological polar surface area (TPSA) is 69.7 Å². The Labute approximate surface area is 184 Å².